The van der Waals surface area contributed by atoms with Crippen LogP contribution in [0.2, 0.25) is 0 Å². The number of aromatic nitrogens is 3. The summed E-state index contributed by atoms with van der Waals surface area (Å²) in [6, 6.07) is 4.48. The van der Waals surface area contributed by atoms with E-state index < -0.39 is 18.8 Å². The lowest BCUT2D eigenvalue weighted by Gasteiger charge is -2.23. The Bertz CT molecular complexity index is 1040. The fraction of sp³-hybridized carbons (Fsp3) is 0.640. The molecule has 1 saturated heterocycles. The first-order valence-electron chi connectivity index (χ1n) is 13.3. The summed E-state index contributed by atoms with van der Waals surface area (Å²) in [6.45, 7) is 5.00. The van der Waals surface area contributed by atoms with E-state index >= 15 is 0 Å². The quantitative estimate of drug-likeness (QED) is 0.209. The highest BCUT2D eigenvalue weighted by atomic mass is 19.1. The topological polar surface area (TPSA) is 157 Å². The number of halogens is 1. The van der Waals surface area contributed by atoms with Crippen LogP contribution in [0.15, 0.2) is 18.2 Å². The Labute approximate surface area is 221 Å². The van der Waals surface area contributed by atoms with Crippen molar-refractivity contribution < 1.29 is 29.2 Å². The van der Waals surface area contributed by atoms with Crippen molar-refractivity contribution in [3.63, 3.8) is 0 Å². The molecule has 2 aliphatic rings. The molecule has 13 heteroatoms. The van der Waals surface area contributed by atoms with Gasteiger partial charge in [-0.15, -0.1) is 0 Å². The summed E-state index contributed by atoms with van der Waals surface area (Å²) in [6.07, 6.45) is 5.11. The minimum atomic E-state index is -3.36. The second-order valence-electron chi connectivity index (χ2n) is 9.75. The number of ether oxygens (including phenoxy) is 2. The number of nitrogens with zero attached hydrogens (tertiary/aromatic N) is 4. The van der Waals surface area contributed by atoms with Crippen LogP contribution in [0.1, 0.15) is 51.9 Å². The van der Waals surface area contributed by atoms with Crippen LogP contribution in [-0.2, 0) is 4.74 Å². The molecule has 4 rings (SSSR count). The van der Waals surface area contributed by atoms with Gasteiger partial charge in [-0.3, -0.25) is 9.64 Å². The molecule has 12 nitrogen and oxygen atoms in total. The third-order valence-corrected chi connectivity index (χ3v) is 6.97. The van der Waals surface area contributed by atoms with Crippen LogP contribution < -0.4 is 20.7 Å². The molecule has 0 radical (unpaired) electrons. The minimum absolute atomic E-state index is 0.204. The lowest BCUT2D eigenvalue weighted by Crippen LogP contribution is -2.35. The summed E-state index contributed by atoms with van der Waals surface area (Å²) < 4.78 is 23.7. The molecule has 210 valence electrons. The molecule has 1 aromatic heterocycles. The summed E-state index contributed by atoms with van der Waals surface area (Å²) in [5, 5.41) is 35.9. The molecule has 0 amide bonds. The molecule has 2 fully saturated rings. The fourth-order valence-corrected chi connectivity index (χ4v) is 4.97. The Morgan fingerprint density at radius 3 is 2.37 bits per heavy atom. The SMILES string of the molecule is CCN1CCCC1CNc1nc(NCC2CCCCC2)nc(Nc2ccc(OCOC(O)(O)O)c(F)c2)n1. The molecule has 2 aromatic rings. The largest absolute Gasteiger partial charge is 0.464 e. The summed E-state index contributed by atoms with van der Waals surface area (Å²) in [4.78, 5) is 16.0. The van der Waals surface area contributed by atoms with Gasteiger partial charge in [0.25, 0.3) is 0 Å². The summed E-state index contributed by atoms with van der Waals surface area (Å²) in [7, 11) is 0. The van der Waals surface area contributed by atoms with E-state index in [-0.39, 0.29) is 11.7 Å². The molecule has 0 bridgehead atoms. The van der Waals surface area contributed by atoms with Gasteiger partial charge in [0.15, 0.2) is 18.4 Å². The Balaban J connectivity index is 1.44. The Morgan fingerprint density at radius 1 is 0.974 bits per heavy atom. The average molecular weight is 536 g/mol. The molecular weight excluding hydrogens is 497 g/mol. The van der Waals surface area contributed by atoms with Gasteiger partial charge in [0, 0.05) is 30.9 Å². The molecule has 38 heavy (non-hydrogen) atoms. The number of hydrogen-bond acceptors (Lipinski definition) is 12. The molecule has 1 aromatic carbocycles. The van der Waals surface area contributed by atoms with Gasteiger partial charge >= 0.3 is 6.16 Å². The van der Waals surface area contributed by atoms with Gasteiger partial charge in [-0.25, -0.2) is 4.39 Å². The van der Waals surface area contributed by atoms with E-state index in [0.29, 0.717) is 29.5 Å². The summed E-state index contributed by atoms with van der Waals surface area (Å²) in [5.41, 5.74) is 0.375. The third kappa shape index (κ3) is 8.60. The number of likely N-dealkylation sites (N-methyl/N-ethyl adjacent to an activating group) is 1. The van der Waals surface area contributed by atoms with Crippen LogP contribution in [0.4, 0.5) is 27.9 Å². The van der Waals surface area contributed by atoms with Gasteiger partial charge in [0.2, 0.25) is 17.8 Å². The zero-order valence-electron chi connectivity index (χ0n) is 21.7. The van der Waals surface area contributed by atoms with E-state index in [4.69, 9.17) is 20.1 Å². The van der Waals surface area contributed by atoms with Crippen molar-refractivity contribution in [3.05, 3.63) is 24.0 Å². The predicted molar refractivity (Wildman–Crippen MR) is 139 cm³/mol. The van der Waals surface area contributed by atoms with Crippen molar-refractivity contribution in [1.29, 1.82) is 0 Å². The average Bonchev–Trinajstić information content (AvgIpc) is 3.35. The maximum absolute atomic E-state index is 14.5. The first-order valence-corrected chi connectivity index (χ1v) is 13.3. The molecule has 2 heterocycles. The molecule has 6 N–H and O–H groups in total. The van der Waals surface area contributed by atoms with Crippen molar-refractivity contribution in [2.75, 3.05) is 48.9 Å². The fourth-order valence-electron chi connectivity index (χ4n) is 4.97. The van der Waals surface area contributed by atoms with E-state index in [1.807, 2.05) is 0 Å². The molecule has 1 atom stereocenters. The Morgan fingerprint density at radius 2 is 1.68 bits per heavy atom. The number of anilines is 4. The third-order valence-electron chi connectivity index (χ3n) is 6.97. The van der Waals surface area contributed by atoms with Crippen molar-refractivity contribution in [2.24, 2.45) is 5.92 Å². The lowest BCUT2D eigenvalue weighted by molar-refractivity contribution is -0.463. The number of rotatable bonds is 13. The van der Waals surface area contributed by atoms with Crippen molar-refractivity contribution in [1.82, 2.24) is 19.9 Å². The zero-order chi connectivity index (χ0) is 27.0. The van der Waals surface area contributed by atoms with Gasteiger partial charge in [-0.2, -0.15) is 15.0 Å². The highest BCUT2D eigenvalue weighted by molar-refractivity contribution is 5.57. The standard InChI is InChI=1S/C25H38FN7O5/c1-2-33-12-6-9-19(33)15-28-23-30-22(27-14-17-7-4-3-5-8-17)31-24(32-23)29-18-10-11-21(20(26)13-18)37-16-38-25(34,35)36/h10-11,13,17,19,34-36H,2-9,12,14-16H2,1H3,(H3,27,28,29,30,31,32). The molecule has 1 aliphatic heterocycles. The number of hydrogen-bond donors (Lipinski definition) is 6. The number of likely N-dealkylation sites (tertiary alicyclic amines) is 1. The van der Waals surface area contributed by atoms with E-state index in [2.05, 4.69) is 47.5 Å². The molecule has 0 spiro atoms. The smallest absolute Gasteiger partial charge is 0.407 e. The van der Waals surface area contributed by atoms with Gasteiger partial charge in [0.05, 0.1) is 0 Å². The maximum Gasteiger partial charge on any atom is 0.407 e. The summed E-state index contributed by atoms with van der Waals surface area (Å²) in [5.74, 6) is 0.798. The van der Waals surface area contributed by atoms with E-state index in [9.17, 15) is 4.39 Å². The molecular formula is C25H38FN7O5. The van der Waals surface area contributed by atoms with Gasteiger partial charge < -0.3 is 36.0 Å². The Hall–Kier alpha value is -2.84. The highest BCUT2D eigenvalue weighted by Crippen LogP contribution is 2.26. The zero-order valence-corrected chi connectivity index (χ0v) is 21.7. The maximum atomic E-state index is 14.5. The van der Waals surface area contributed by atoms with Crippen LogP contribution in [0.5, 0.6) is 5.75 Å². The van der Waals surface area contributed by atoms with Crippen molar-refractivity contribution in [2.45, 2.75) is 64.1 Å². The monoisotopic (exact) mass is 535 g/mol. The van der Waals surface area contributed by atoms with E-state index in [1.54, 1.807) is 6.07 Å². The molecule has 1 unspecified atom stereocenters. The van der Waals surface area contributed by atoms with Crippen LogP contribution in [0.3, 0.4) is 0 Å². The first-order chi connectivity index (χ1) is 18.3. The lowest BCUT2D eigenvalue weighted by atomic mass is 9.89. The van der Waals surface area contributed by atoms with Crippen molar-refractivity contribution in [3.8, 4) is 5.75 Å². The predicted octanol–water partition coefficient (Wildman–Crippen LogP) is 2.58. The van der Waals surface area contributed by atoms with Crippen LogP contribution in [0, 0.1) is 11.7 Å². The van der Waals surface area contributed by atoms with Gasteiger partial charge in [0.1, 0.15) is 0 Å². The van der Waals surface area contributed by atoms with Crippen molar-refractivity contribution >= 4 is 23.5 Å². The van der Waals surface area contributed by atoms with Gasteiger partial charge in [-0.05, 0) is 56.8 Å². The normalized spacial score (nSPS) is 18.9. The number of aliphatic hydroxyl groups is 3. The van der Waals surface area contributed by atoms with E-state index in [1.165, 1.54) is 50.7 Å². The summed E-state index contributed by atoms with van der Waals surface area (Å²) >= 11 is 0. The minimum Gasteiger partial charge on any atom is -0.464 e. The highest BCUT2D eigenvalue weighted by Gasteiger charge is 2.23. The number of benzene rings is 1. The van der Waals surface area contributed by atoms with E-state index in [0.717, 1.165) is 32.6 Å². The van der Waals surface area contributed by atoms with Crippen LogP contribution in [0.25, 0.3) is 0 Å². The first kappa shape index (κ1) is 28.2. The van der Waals surface area contributed by atoms with Crippen LogP contribution >= 0.6 is 0 Å². The molecule has 1 saturated carbocycles. The second kappa shape index (κ2) is 13.3. The van der Waals surface area contributed by atoms with Gasteiger partial charge in [-0.1, -0.05) is 26.2 Å². The Kier molecular flexibility index (Phi) is 9.86. The molecule has 1 aliphatic carbocycles. The van der Waals surface area contributed by atoms with Crippen LogP contribution in [-0.4, -0.2) is 80.3 Å². The second-order valence-corrected chi connectivity index (χ2v) is 9.75. The number of nitrogens with one attached hydrogen (secondary N) is 3.